The minimum atomic E-state index is 0.0335. The lowest BCUT2D eigenvalue weighted by atomic mass is 10.0. The molecule has 0 spiro atoms. The van der Waals surface area contributed by atoms with Gasteiger partial charge in [-0.3, -0.25) is 9.20 Å². The molecule has 5 heterocycles. The second-order valence-corrected chi connectivity index (χ2v) is 9.16. The van der Waals surface area contributed by atoms with Gasteiger partial charge in [0, 0.05) is 25.7 Å². The standard InChI is InChI=1S/C21H22N4OS2/c26-21(18-12-17-13-22-19-2-1-3-20(28-18)25(17)19)23-16-5-9-24(10-6-16)8-4-15-7-11-27-14-15/h1-3,7,11-14,16H,4-6,8-10H2,(H,23,26). The smallest absolute Gasteiger partial charge is 0.258 e. The van der Waals surface area contributed by atoms with Gasteiger partial charge >= 0.3 is 0 Å². The van der Waals surface area contributed by atoms with E-state index in [2.05, 4.69) is 36.4 Å². The number of piperidine rings is 1. The zero-order valence-electron chi connectivity index (χ0n) is 15.5. The predicted octanol–water partition coefficient (Wildman–Crippen LogP) is 3.67. The summed E-state index contributed by atoms with van der Waals surface area (Å²) in [5, 5.41) is 8.67. The van der Waals surface area contributed by atoms with Crippen LogP contribution in [0.1, 0.15) is 24.1 Å². The van der Waals surface area contributed by atoms with Gasteiger partial charge in [0.1, 0.15) is 5.65 Å². The number of hydrogen-bond acceptors (Lipinski definition) is 5. The van der Waals surface area contributed by atoms with E-state index in [9.17, 15) is 4.79 Å². The van der Waals surface area contributed by atoms with Crippen molar-refractivity contribution in [3.8, 4) is 0 Å². The van der Waals surface area contributed by atoms with Gasteiger partial charge in [-0.2, -0.15) is 11.3 Å². The highest BCUT2D eigenvalue weighted by atomic mass is 32.2. The molecule has 0 unspecified atom stereocenters. The number of rotatable bonds is 5. The number of pyridine rings is 1. The Balaban J connectivity index is 1.16. The fraction of sp³-hybridized carbons (Fsp3) is 0.333. The van der Waals surface area contributed by atoms with Gasteiger partial charge in [-0.25, -0.2) is 4.98 Å². The first-order valence-corrected chi connectivity index (χ1v) is 11.4. The maximum Gasteiger partial charge on any atom is 0.258 e. The average molecular weight is 411 g/mol. The molecule has 0 atom stereocenters. The minimum Gasteiger partial charge on any atom is -0.349 e. The number of thioether (sulfide) groups is 1. The second kappa shape index (κ2) is 7.73. The van der Waals surface area contributed by atoms with Crippen LogP contribution >= 0.6 is 23.1 Å². The number of imidazole rings is 1. The van der Waals surface area contributed by atoms with Gasteiger partial charge in [0.15, 0.2) is 0 Å². The van der Waals surface area contributed by atoms with Crippen LogP contribution in [0.4, 0.5) is 0 Å². The van der Waals surface area contributed by atoms with E-state index >= 15 is 0 Å². The molecule has 144 valence electrons. The molecule has 1 N–H and O–H groups in total. The quantitative estimate of drug-likeness (QED) is 0.697. The van der Waals surface area contributed by atoms with E-state index in [1.807, 2.05) is 30.5 Å². The van der Waals surface area contributed by atoms with Gasteiger partial charge in [-0.1, -0.05) is 17.8 Å². The first kappa shape index (κ1) is 18.0. The predicted molar refractivity (Wildman–Crippen MR) is 115 cm³/mol. The number of nitrogens with zero attached hydrogens (tertiary/aromatic N) is 3. The first-order valence-electron chi connectivity index (χ1n) is 9.66. The topological polar surface area (TPSA) is 49.6 Å². The highest BCUT2D eigenvalue weighted by Gasteiger charge is 2.24. The normalized spacial score (nSPS) is 17.6. The third-order valence-electron chi connectivity index (χ3n) is 5.46. The number of nitrogens with one attached hydrogen (secondary N) is 1. The van der Waals surface area contributed by atoms with Crippen molar-refractivity contribution in [3.05, 3.63) is 57.4 Å². The SMILES string of the molecule is O=C(NC1CCN(CCc2ccsc2)CC1)C1=Cc2cnc3cccc(n23)S1. The Morgan fingerprint density at radius 2 is 2.14 bits per heavy atom. The number of carbonyl (C=O) groups is 1. The summed E-state index contributed by atoms with van der Waals surface area (Å²) in [5.74, 6) is 0.0335. The molecule has 2 aliphatic heterocycles. The van der Waals surface area contributed by atoms with Crippen LogP contribution in [0.25, 0.3) is 11.7 Å². The largest absolute Gasteiger partial charge is 0.349 e. The lowest BCUT2D eigenvalue weighted by molar-refractivity contribution is -0.117. The van der Waals surface area contributed by atoms with Crippen molar-refractivity contribution in [2.24, 2.45) is 0 Å². The fourth-order valence-corrected chi connectivity index (χ4v) is 5.57. The minimum absolute atomic E-state index is 0.0335. The first-order chi connectivity index (χ1) is 13.8. The van der Waals surface area contributed by atoms with E-state index in [0.717, 1.165) is 60.2 Å². The molecule has 0 bridgehead atoms. The summed E-state index contributed by atoms with van der Waals surface area (Å²) in [7, 11) is 0. The summed E-state index contributed by atoms with van der Waals surface area (Å²) in [5.41, 5.74) is 3.32. The molecular formula is C21H22N4OS2. The Morgan fingerprint density at radius 1 is 1.25 bits per heavy atom. The summed E-state index contributed by atoms with van der Waals surface area (Å²) < 4.78 is 2.09. The lowest BCUT2D eigenvalue weighted by Crippen LogP contribution is -2.45. The number of hydrogen-bond donors (Lipinski definition) is 1. The molecule has 7 heteroatoms. The van der Waals surface area contributed by atoms with Gasteiger partial charge in [0.25, 0.3) is 5.91 Å². The Bertz CT molecular complexity index is 1020. The third-order valence-corrected chi connectivity index (χ3v) is 7.24. The van der Waals surface area contributed by atoms with Gasteiger partial charge in [-0.05, 0) is 59.9 Å². The van der Waals surface area contributed by atoms with Crippen molar-refractivity contribution in [1.82, 2.24) is 19.6 Å². The van der Waals surface area contributed by atoms with Crippen molar-refractivity contribution in [1.29, 1.82) is 0 Å². The highest BCUT2D eigenvalue weighted by Crippen LogP contribution is 2.34. The number of likely N-dealkylation sites (tertiary alicyclic amines) is 1. The van der Waals surface area contributed by atoms with Crippen molar-refractivity contribution >= 4 is 40.7 Å². The number of thiophene rings is 1. The van der Waals surface area contributed by atoms with E-state index in [1.54, 1.807) is 11.3 Å². The molecule has 5 rings (SSSR count). The Morgan fingerprint density at radius 3 is 2.96 bits per heavy atom. The van der Waals surface area contributed by atoms with Crippen LogP contribution in [0.5, 0.6) is 0 Å². The molecule has 1 fully saturated rings. The van der Waals surface area contributed by atoms with Crippen molar-refractivity contribution in [2.75, 3.05) is 19.6 Å². The molecule has 28 heavy (non-hydrogen) atoms. The summed E-state index contributed by atoms with van der Waals surface area (Å²) in [6.45, 7) is 3.20. The van der Waals surface area contributed by atoms with E-state index in [1.165, 1.54) is 17.3 Å². The molecule has 3 aromatic heterocycles. The zero-order valence-corrected chi connectivity index (χ0v) is 17.1. The molecule has 0 saturated carbocycles. The highest BCUT2D eigenvalue weighted by molar-refractivity contribution is 8.04. The van der Waals surface area contributed by atoms with Crippen LogP contribution in [0.2, 0.25) is 0 Å². The monoisotopic (exact) mass is 410 g/mol. The van der Waals surface area contributed by atoms with Crippen molar-refractivity contribution in [3.63, 3.8) is 0 Å². The molecule has 0 radical (unpaired) electrons. The van der Waals surface area contributed by atoms with Crippen LogP contribution in [-0.2, 0) is 11.2 Å². The maximum atomic E-state index is 12.8. The molecule has 5 nitrogen and oxygen atoms in total. The van der Waals surface area contributed by atoms with E-state index in [0.29, 0.717) is 0 Å². The Labute approximate surface area is 172 Å². The molecule has 0 aliphatic carbocycles. The summed E-state index contributed by atoms with van der Waals surface area (Å²) >= 11 is 3.28. The summed E-state index contributed by atoms with van der Waals surface area (Å²) in [6.07, 6.45) is 6.92. The number of carbonyl (C=O) groups excluding carboxylic acids is 1. The van der Waals surface area contributed by atoms with Crippen molar-refractivity contribution < 1.29 is 4.79 Å². The summed E-state index contributed by atoms with van der Waals surface area (Å²) in [4.78, 5) is 20.5. The van der Waals surface area contributed by atoms with Gasteiger partial charge in [-0.15, -0.1) is 0 Å². The fourth-order valence-electron chi connectivity index (χ4n) is 3.88. The molecule has 2 aliphatic rings. The van der Waals surface area contributed by atoms with E-state index < -0.39 is 0 Å². The van der Waals surface area contributed by atoms with Crippen LogP contribution in [0.3, 0.4) is 0 Å². The Kier molecular flexibility index (Phi) is 4.96. The van der Waals surface area contributed by atoms with Gasteiger partial charge < -0.3 is 10.2 Å². The average Bonchev–Trinajstić information content (AvgIpc) is 3.39. The van der Waals surface area contributed by atoms with Crippen LogP contribution in [-0.4, -0.2) is 45.9 Å². The number of aromatic nitrogens is 2. The lowest BCUT2D eigenvalue weighted by Gasteiger charge is -2.32. The zero-order chi connectivity index (χ0) is 18.9. The van der Waals surface area contributed by atoms with Crippen molar-refractivity contribution in [2.45, 2.75) is 30.3 Å². The van der Waals surface area contributed by atoms with Crippen LogP contribution < -0.4 is 5.32 Å². The van der Waals surface area contributed by atoms with Gasteiger partial charge in [0.05, 0.1) is 21.8 Å². The molecule has 0 aromatic carbocycles. The van der Waals surface area contributed by atoms with E-state index in [-0.39, 0.29) is 11.9 Å². The van der Waals surface area contributed by atoms with Crippen LogP contribution in [0, 0.1) is 0 Å². The number of amides is 1. The van der Waals surface area contributed by atoms with Crippen LogP contribution in [0.15, 0.2) is 51.2 Å². The van der Waals surface area contributed by atoms with Gasteiger partial charge in [0.2, 0.25) is 0 Å². The molecular weight excluding hydrogens is 388 g/mol. The molecule has 1 amide bonds. The second-order valence-electron chi connectivity index (χ2n) is 7.32. The maximum absolute atomic E-state index is 12.8. The third kappa shape index (κ3) is 3.62. The molecule has 3 aromatic rings. The Hall–Kier alpha value is -2.09. The van der Waals surface area contributed by atoms with E-state index in [4.69, 9.17) is 0 Å². The molecule has 1 saturated heterocycles. The summed E-state index contributed by atoms with van der Waals surface area (Å²) in [6, 6.07) is 8.48.